The molecule has 2 amide bonds. The van der Waals surface area contributed by atoms with Crippen molar-refractivity contribution in [2.24, 2.45) is 0 Å². The van der Waals surface area contributed by atoms with Crippen LogP contribution in [0.2, 0.25) is 0 Å². The number of fused-ring (bicyclic) bond motifs is 4. The molecule has 0 radical (unpaired) electrons. The van der Waals surface area contributed by atoms with Crippen LogP contribution in [-0.2, 0) is 17.6 Å². The van der Waals surface area contributed by atoms with Crippen molar-refractivity contribution in [1.82, 2.24) is 10.3 Å². The van der Waals surface area contributed by atoms with Gasteiger partial charge in [-0.1, -0.05) is 17.4 Å². The average molecular weight is 301 g/mol. The standard InChI is InChI=1S/C15H15N3O2S/c19-14-16-10-6-20-7-11(10)18(14)15-17-13-9-3-1-2-8(9)4-5-12(13)21-15/h4-5,10-11H,1-3,6-7H2,(H,16,19). The van der Waals surface area contributed by atoms with E-state index in [-0.39, 0.29) is 18.1 Å². The van der Waals surface area contributed by atoms with Gasteiger partial charge in [0.15, 0.2) is 5.13 Å². The number of thiazole rings is 1. The summed E-state index contributed by atoms with van der Waals surface area (Å²) in [6, 6.07) is 4.53. The summed E-state index contributed by atoms with van der Waals surface area (Å²) >= 11 is 1.61. The molecule has 2 atom stereocenters. The number of rotatable bonds is 1. The second-order valence-electron chi connectivity index (χ2n) is 5.93. The predicted molar refractivity (Wildman–Crippen MR) is 81.1 cm³/mol. The Labute approximate surface area is 125 Å². The van der Waals surface area contributed by atoms with Crippen LogP contribution < -0.4 is 10.2 Å². The highest BCUT2D eigenvalue weighted by atomic mass is 32.1. The number of amides is 2. The van der Waals surface area contributed by atoms with Gasteiger partial charge in [0.05, 0.1) is 35.5 Å². The number of hydrogen-bond acceptors (Lipinski definition) is 4. The number of nitrogens with one attached hydrogen (secondary N) is 1. The van der Waals surface area contributed by atoms with Crippen molar-refractivity contribution < 1.29 is 9.53 Å². The quantitative estimate of drug-likeness (QED) is 0.877. The Kier molecular flexibility index (Phi) is 2.37. The number of carbonyl (C=O) groups is 1. The molecule has 1 N–H and O–H groups in total. The number of nitrogens with zero attached hydrogens (tertiary/aromatic N) is 2. The van der Waals surface area contributed by atoms with Crippen LogP contribution in [0.15, 0.2) is 12.1 Å². The summed E-state index contributed by atoms with van der Waals surface area (Å²) in [6.45, 7) is 1.20. The fraction of sp³-hybridized carbons (Fsp3) is 0.467. The minimum Gasteiger partial charge on any atom is -0.377 e. The molecule has 108 valence electrons. The Hall–Kier alpha value is -1.66. The number of anilines is 1. The van der Waals surface area contributed by atoms with E-state index in [0.717, 1.165) is 23.5 Å². The van der Waals surface area contributed by atoms with Crippen molar-refractivity contribution in [3.63, 3.8) is 0 Å². The van der Waals surface area contributed by atoms with E-state index in [1.54, 1.807) is 16.2 Å². The number of hydrogen-bond donors (Lipinski definition) is 1. The molecule has 3 aliphatic rings. The smallest absolute Gasteiger partial charge is 0.324 e. The fourth-order valence-electron chi connectivity index (χ4n) is 3.69. The van der Waals surface area contributed by atoms with Crippen molar-refractivity contribution >= 4 is 32.7 Å². The summed E-state index contributed by atoms with van der Waals surface area (Å²) in [5.41, 5.74) is 3.90. The van der Waals surface area contributed by atoms with Gasteiger partial charge in [-0.15, -0.1) is 0 Å². The third-order valence-electron chi connectivity index (χ3n) is 4.74. The second-order valence-corrected chi connectivity index (χ2v) is 6.94. The topological polar surface area (TPSA) is 54.5 Å². The fourth-order valence-corrected chi connectivity index (χ4v) is 4.74. The van der Waals surface area contributed by atoms with Crippen LogP contribution in [0.25, 0.3) is 10.2 Å². The van der Waals surface area contributed by atoms with Crippen LogP contribution in [-0.4, -0.2) is 36.3 Å². The van der Waals surface area contributed by atoms with Gasteiger partial charge in [0.25, 0.3) is 0 Å². The molecule has 3 heterocycles. The zero-order valence-electron chi connectivity index (χ0n) is 11.5. The molecule has 5 nitrogen and oxygen atoms in total. The van der Waals surface area contributed by atoms with Crippen molar-refractivity contribution in [1.29, 1.82) is 0 Å². The Morgan fingerprint density at radius 1 is 1.33 bits per heavy atom. The lowest BCUT2D eigenvalue weighted by Gasteiger charge is -2.17. The molecule has 0 spiro atoms. The molecular weight excluding hydrogens is 286 g/mol. The number of carbonyl (C=O) groups excluding carboxylic acids is 1. The van der Waals surface area contributed by atoms with Crippen molar-refractivity contribution in [2.45, 2.75) is 31.3 Å². The number of urea groups is 1. The van der Waals surface area contributed by atoms with Gasteiger partial charge in [-0.3, -0.25) is 4.90 Å². The monoisotopic (exact) mass is 301 g/mol. The van der Waals surface area contributed by atoms with Gasteiger partial charge >= 0.3 is 6.03 Å². The Morgan fingerprint density at radius 3 is 3.24 bits per heavy atom. The molecule has 1 aromatic carbocycles. The molecule has 2 aromatic rings. The maximum Gasteiger partial charge on any atom is 0.324 e. The summed E-state index contributed by atoms with van der Waals surface area (Å²) in [4.78, 5) is 18.8. The average Bonchev–Trinajstić information content (AvgIpc) is 3.18. The van der Waals surface area contributed by atoms with E-state index in [1.165, 1.54) is 22.2 Å². The molecule has 2 saturated heterocycles. The van der Waals surface area contributed by atoms with E-state index >= 15 is 0 Å². The zero-order valence-corrected chi connectivity index (χ0v) is 12.3. The highest BCUT2D eigenvalue weighted by molar-refractivity contribution is 7.22. The molecule has 0 saturated carbocycles. The van der Waals surface area contributed by atoms with Crippen molar-refractivity contribution in [3.8, 4) is 0 Å². The summed E-state index contributed by atoms with van der Waals surface area (Å²) in [5, 5.41) is 3.80. The normalized spacial score (nSPS) is 27.2. The maximum atomic E-state index is 12.2. The van der Waals surface area contributed by atoms with E-state index in [1.807, 2.05) is 0 Å². The third kappa shape index (κ3) is 1.60. The number of benzene rings is 1. The lowest BCUT2D eigenvalue weighted by atomic mass is 10.1. The van der Waals surface area contributed by atoms with Gasteiger partial charge in [-0.25, -0.2) is 9.78 Å². The lowest BCUT2D eigenvalue weighted by molar-refractivity contribution is 0.182. The maximum absolute atomic E-state index is 12.2. The molecular formula is C15H15N3O2S. The predicted octanol–water partition coefficient (Wildman–Crippen LogP) is 2.08. The molecule has 2 fully saturated rings. The lowest BCUT2D eigenvalue weighted by Crippen LogP contribution is -2.36. The first-order chi connectivity index (χ1) is 10.3. The van der Waals surface area contributed by atoms with Gasteiger partial charge < -0.3 is 10.1 Å². The van der Waals surface area contributed by atoms with E-state index in [4.69, 9.17) is 9.72 Å². The molecule has 0 bridgehead atoms. The summed E-state index contributed by atoms with van der Waals surface area (Å²) in [7, 11) is 0. The van der Waals surface area contributed by atoms with Crippen LogP contribution in [0.5, 0.6) is 0 Å². The molecule has 2 aliphatic heterocycles. The van der Waals surface area contributed by atoms with Gasteiger partial charge in [0.2, 0.25) is 0 Å². The van der Waals surface area contributed by atoms with Crippen LogP contribution in [0, 0.1) is 0 Å². The van der Waals surface area contributed by atoms with E-state index in [9.17, 15) is 4.79 Å². The summed E-state index contributed by atoms with van der Waals surface area (Å²) < 4.78 is 6.66. The molecule has 6 heteroatoms. The highest BCUT2D eigenvalue weighted by Gasteiger charge is 2.45. The Balaban J connectivity index is 1.63. The number of aryl methyl sites for hydroxylation is 2. The highest BCUT2D eigenvalue weighted by Crippen LogP contribution is 2.38. The van der Waals surface area contributed by atoms with Crippen LogP contribution in [0.3, 0.4) is 0 Å². The first kappa shape index (κ1) is 11.9. The third-order valence-corrected chi connectivity index (χ3v) is 5.76. The Morgan fingerprint density at radius 2 is 2.29 bits per heavy atom. The minimum absolute atomic E-state index is 0.0380. The number of aromatic nitrogens is 1. The van der Waals surface area contributed by atoms with Crippen LogP contribution in [0.4, 0.5) is 9.93 Å². The molecule has 21 heavy (non-hydrogen) atoms. The number of ether oxygens (including phenoxy) is 1. The Bertz CT molecular complexity index is 757. The second kappa shape index (κ2) is 4.18. The van der Waals surface area contributed by atoms with Gasteiger partial charge in [0, 0.05) is 0 Å². The molecule has 5 rings (SSSR count). The van der Waals surface area contributed by atoms with E-state index < -0.39 is 0 Å². The van der Waals surface area contributed by atoms with Crippen molar-refractivity contribution in [2.75, 3.05) is 18.1 Å². The summed E-state index contributed by atoms with van der Waals surface area (Å²) in [5.74, 6) is 0. The van der Waals surface area contributed by atoms with Crippen molar-refractivity contribution in [3.05, 3.63) is 23.3 Å². The van der Waals surface area contributed by atoms with Gasteiger partial charge in [-0.2, -0.15) is 0 Å². The molecule has 2 unspecified atom stereocenters. The zero-order chi connectivity index (χ0) is 14.0. The van der Waals surface area contributed by atoms with E-state index in [0.29, 0.717) is 13.2 Å². The summed E-state index contributed by atoms with van der Waals surface area (Å²) in [6.07, 6.45) is 3.47. The molecule has 1 aliphatic carbocycles. The first-order valence-corrected chi connectivity index (χ1v) is 8.22. The first-order valence-electron chi connectivity index (χ1n) is 7.40. The van der Waals surface area contributed by atoms with Crippen LogP contribution in [0.1, 0.15) is 17.5 Å². The van der Waals surface area contributed by atoms with Gasteiger partial charge in [-0.05, 0) is 36.5 Å². The SMILES string of the molecule is O=C1NC2COCC2N1c1nc2c3c(ccc2s1)CCC3. The van der Waals surface area contributed by atoms with Gasteiger partial charge in [0.1, 0.15) is 0 Å². The van der Waals surface area contributed by atoms with Crippen LogP contribution >= 0.6 is 11.3 Å². The largest absolute Gasteiger partial charge is 0.377 e. The minimum atomic E-state index is -0.0380. The van der Waals surface area contributed by atoms with E-state index in [2.05, 4.69) is 17.4 Å². The molecule has 1 aromatic heterocycles.